The van der Waals surface area contributed by atoms with Gasteiger partial charge in [-0.25, -0.2) is 17.9 Å². The molecule has 21 heavy (non-hydrogen) atoms. The van der Waals surface area contributed by atoms with Crippen LogP contribution in [0.1, 0.15) is 48.6 Å². The Hall–Kier alpha value is -1.34. The second kappa shape index (κ2) is 5.14. The molecule has 0 saturated heterocycles. The van der Waals surface area contributed by atoms with Gasteiger partial charge in [-0.2, -0.15) is 0 Å². The van der Waals surface area contributed by atoms with Crippen LogP contribution in [0.3, 0.4) is 0 Å². The summed E-state index contributed by atoms with van der Waals surface area (Å²) in [6.45, 7) is 7.37. The topological polar surface area (TPSA) is 96.6 Å². The quantitative estimate of drug-likeness (QED) is 0.839. The van der Waals surface area contributed by atoms with Gasteiger partial charge in [0, 0.05) is 6.54 Å². The van der Waals surface area contributed by atoms with Crippen LogP contribution in [0.4, 0.5) is 0 Å². The third kappa shape index (κ3) is 2.85. The molecule has 1 saturated carbocycles. The average Bonchev–Trinajstić information content (AvgIpc) is 3.07. The Morgan fingerprint density at radius 2 is 1.90 bits per heavy atom. The van der Waals surface area contributed by atoms with E-state index in [4.69, 9.17) is 4.42 Å². The third-order valence-electron chi connectivity index (χ3n) is 4.42. The van der Waals surface area contributed by atoms with Crippen molar-refractivity contribution in [1.82, 2.24) is 4.72 Å². The van der Waals surface area contributed by atoms with Crippen LogP contribution in [-0.2, 0) is 10.0 Å². The first-order valence-corrected chi connectivity index (χ1v) is 8.42. The van der Waals surface area contributed by atoms with E-state index in [9.17, 15) is 18.3 Å². The summed E-state index contributed by atoms with van der Waals surface area (Å²) in [6.07, 6.45) is 1.98. The first-order valence-electron chi connectivity index (χ1n) is 6.94. The minimum atomic E-state index is -3.90. The van der Waals surface area contributed by atoms with Gasteiger partial charge in [0.1, 0.15) is 22.0 Å². The van der Waals surface area contributed by atoms with E-state index in [1.165, 1.54) is 13.8 Å². The van der Waals surface area contributed by atoms with E-state index >= 15 is 0 Å². The number of carboxylic acid groups (broad SMARTS) is 1. The second-order valence-corrected chi connectivity index (χ2v) is 7.77. The van der Waals surface area contributed by atoms with Crippen molar-refractivity contribution in [2.45, 2.75) is 45.4 Å². The summed E-state index contributed by atoms with van der Waals surface area (Å²) >= 11 is 0. The van der Waals surface area contributed by atoms with Crippen molar-refractivity contribution in [1.29, 1.82) is 0 Å². The predicted molar refractivity (Wildman–Crippen MR) is 76.8 cm³/mol. The number of rotatable bonds is 6. The summed E-state index contributed by atoms with van der Waals surface area (Å²) in [7, 11) is -3.90. The zero-order chi connectivity index (χ0) is 16.0. The van der Waals surface area contributed by atoms with E-state index in [1.807, 2.05) is 0 Å². The van der Waals surface area contributed by atoms with Gasteiger partial charge in [-0.15, -0.1) is 0 Å². The Kier molecular flexibility index (Phi) is 3.92. The SMILES string of the molecule is Cc1oc(C)c(S(=O)(=O)NCC2(C(C)C)CC2)c1C(=O)O. The number of aryl methyl sites for hydroxylation is 2. The number of carbonyl (C=O) groups is 1. The molecule has 0 spiro atoms. The zero-order valence-corrected chi connectivity index (χ0v) is 13.5. The third-order valence-corrected chi connectivity index (χ3v) is 5.97. The number of sulfonamides is 1. The average molecular weight is 315 g/mol. The summed E-state index contributed by atoms with van der Waals surface area (Å²) in [6, 6.07) is 0. The van der Waals surface area contributed by atoms with Crippen LogP contribution in [0.25, 0.3) is 0 Å². The summed E-state index contributed by atoms with van der Waals surface area (Å²) < 4.78 is 32.7. The number of carboxylic acids is 1. The fourth-order valence-corrected chi connectivity index (χ4v) is 4.21. The lowest BCUT2D eigenvalue weighted by atomic mass is 9.93. The highest BCUT2D eigenvalue weighted by Gasteiger charge is 2.46. The van der Waals surface area contributed by atoms with E-state index in [2.05, 4.69) is 18.6 Å². The van der Waals surface area contributed by atoms with Crippen molar-refractivity contribution in [2.24, 2.45) is 11.3 Å². The Balaban J connectivity index is 2.31. The van der Waals surface area contributed by atoms with E-state index in [-0.39, 0.29) is 27.4 Å². The molecule has 1 aromatic rings. The van der Waals surface area contributed by atoms with Gasteiger partial charge in [-0.05, 0) is 38.0 Å². The molecule has 6 nitrogen and oxygen atoms in total. The Labute approximate surface area is 124 Å². The molecule has 0 aromatic carbocycles. The van der Waals surface area contributed by atoms with Crippen LogP contribution in [0, 0.1) is 25.2 Å². The minimum absolute atomic E-state index is 0.00312. The molecule has 1 aromatic heterocycles. The molecule has 0 unspecified atom stereocenters. The number of hydrogen-bond donors (Lipinski definition) is 2. The van der Waals surface area contributed by atoms with E-state index in [0.717, 1.165) is 12.8 Å². The van der Waals surface area contributed by atoms with Gasteiger partial charge in [0.2, 0.25) is 10.0 Å². The second-order valence-electron chi connectivity index (χ2n) is 6.07. The molecular formula is C14H21NO5S. The Bertz CT molecular complexity index is 668. The predicted octanol–water partition coefficient (Wildman–Crippen LogP) is 2.31. The smallest absolute Gasteiger partial charge is 0.340 e. The normalized spacial score (nSPS) is 17.2. The van der Waals surface area contributed by atoms with Gasteiger partial charge < -0.3 is 9.52 Å². The van der Waals surface area contributed by atoms with Gasteiger partial charge in [0.25, 0.3) is 0 Å². The van der Waals surface area contributed by atoms with Crippen molar-refractivity contribution in [3.63, 3.8) is 0 Å². The van der Waals surface area contributed by atoms with Crippen LogP contribution in [0.15, 0.2) is 9.31 Å². The maximum atomic E-state index is 12.5. The molecule has 2 rings (SSSR count). The minimum Gasteiger partial charge on any atom is -0.478 e. The van der Waals surface area contributed by atoms with E-state index < -0.39 is 16.0 Å². The van der Waals surface area contributed by atoms with Crippen molar-refractivity contribution >= 4 is 16.0 Å². The highest BCUT2D eigenvalue weighted by atomic mass is 32.2. The summed E-state index contributed by atoms with van der Waals surface area (Å²) in [5.74, 6) is -0.710. The zero-order valence-electron chi connectivity index (χ0n) is 12.7. The molecule has 1 fully saturated rings. The van der Waals surface area contributed by atoms with Crippen LogP contribution in [-0.4, -0.2) is 26.0 Å². The monoisotopic (exact) mass is 315 g/mol. The van der Waals surface area contributed by atoms with Gasteiger partial charge in [0.15, 0.2) is 0 Å². The number of aromatic carboxylic acids is 1. The molecule has 0 atom stereocenters. The highest BCUT2D eigenvalue weighted by molar-refractivity contribution is 7.89. The molecule has 0 bridgehead atoms. The maximum Gasteiger partial charge on any atom is 0.340 e. The van der Waals surface area contributed by atoms with Crippen LogP contribution in [0.2, 0.25) is 0 Å². The van der Waals surface area contributed by atoms with Crippen molar-refractivity contribution in [3.05, 3.63) is 17.1 Å². The van der Waals surface area contributed by atoms with Crippen LogP contribution >= 0.6 is 0 Å². The molecule has 0 aliphatic heterocycles. The Morgan fingerprint density at radius 1 is 1.33 bits per heavy atom. The summed E-state index contributed by atoms with van der Waals surface area (Å²) in [5, 5.41) is 9.20. The first-order chi connectivity index (χ1) is 9.61. The van der Waals surface area contributed by atoms with E-state index in [0.29, 0.717) is 12.5 Å². The molecule has 0 radical (unpaired) electrons. The lowest BCUT2D eigenvalue weighted by Crippen LogP contribution is -2.33. The molecule has 1 aliphatic rings. The molecule has 1 aliphatic carbocycles. The van der Waals surface area contributed by atoms with Crippen molar-refractivity contribution in [2.75, 3.05) is 6.54 Å². The van der Waals surface area contributed by atoms with E-state index in [1.54, 1.807) is 0 Å². The Morgan fingerprint density at radius 3 is 2.33 bits per heavy atom. The van der Waals surface area contributed by atoms with Gasteiger partial charge >= 0.3 is 5.97 Å². The maximum absolute atomic E-state index is 12.5. The lowest BCUT2D eigenvalue weighted by Gasteiger charge is -2.20. The number of nitrogens with one attached hydrogen (secondary N) is 1. The van der Waals surface area contributed by atoms with Gasteiger partial charge in [-0.3, -0.25) is 0 Å². The molecule has 7 heteroatoms. The van der Waals surface area contributed by atoms with Crippen molar-refractivity contribution in [3.8, 4) is 0 Å². The number of furan rings is 1. The molecular weight excluding hydrogens is 294 g/mol. The molecule has 118 valence electrons. The van der Waals surface area contributed by atoms with Gasteiger partial charge in [-0.1, -0.05) is 13.8 Å². The molecule has 1 heterocycles. The fraction of sp³-hybridized carbons (Fsp3) is 0.643. The highest BCUT2D eigenvalue weighted by Crippen LogP contribution is 2.51. The number of hydrogen-bond acceptors (Lipinski definition) is 4. The summed E-state index contributed by atoms with van der Waals surface area (Å²) in [4.78, 5) is 11.0. The fourth-order valence-electron chi connectivity index (χ4n) is 2.66. The van der Waals surface area contributed by atoms with Crippen molar-refractivity contribution < 1.29 is 22.7 Å². The molecule has 2 N–H and O–H groups in total. The largest absolute Gasteiger partial charge is 0.478 e. The standard InChI is InChI=1S/C14H21NO5S/c1-8(2)14(5-6-14)7-15-21(18,19)12-10(4)20-9(3)11(12)13(16)17/h8,15H,5-7H2,1-4H3,(H,16,17). The van der Waals surface area contributed by atoms with Crippen LogP contribution < -0.4 is 4.72 Å². The van der Waals surface area contributed by atoms with Gasteiger partial charge in [0.05, 0.1) is 0 Å². The summed E-state index contributed by atoms with van der Waals surface area (Å²) in [5.41, 5.74) is -0.280. The lowest BCUT2D eigenvalue weighted by molar-refractivity contribution is 0.0691. The first kappa shape index (κ1) is 16.0. The van der Waals surface area contributed by atoms with Crippen LogP contribution in [0.5, 0.6) is 0 Å². The molecule has 0 amide bonds.